The molecule has 0 spiro atoms. The lowest BCUT2D eigenvalue weighted by atomic mass is 9.91. The molecule has 1 unspecified atom stereocenters. The van der Waals surface area contributed by atoms with Crippen molar-refractivity contribution in [3.8, 4) is 5.75 Å². The summed E-state index contributed by atoms with van der Waals surface area (Å²) in [5.41, 5.74) is 8.23. The highest BCUT2D eigenvalue weighted by molar-refractivity contribution is 5.90. The molecule has 3 aromatic carbocycles. The summed E-state index contributed by atoms with van der Waals surface area (Å²) in [6.45, 7) is 2.58. The Hall–Kier alpha value is -3.04. The van der Waals surface area contributed by atoms with Crippen LogP contribution < -0.4 is 10.5 Å². The van der Waals surface area contributed by atoms with Crippen LogP contribution in [0.15, 0.2) is 54.6 Å². The Morgan fingerprint density at radius 1 is 1.11 bits per heavy atom. The van der Waals surface area contributed by atoms with Gasteiger partial charge in [-0.25, -0.2) is 4.39 Å². The maximum absolute atomic E-state index is 13.8. The van der Waals surface area contributed by atoms with Crippen molar-refractivity contribution in [3.05, 3.63) is 77.1 Å². The third-order valence-corrected chi connectivity index (χ3v) is 7.69. The number of carbonyl (C=O) groups excluding carboxylic acids is 1. The summed E-state index contributed by atoms with van der Waals surface area (Å²) >= 11 is 0. The van der Waals surface area contributed by atoms with Gasteiger partial charge in [-0.15, -0.1) is 0 Å². The first-order valence-corrected chi connectivity index (χ1v) is 13.1. The topological polar surface area (TPSA) is 88.3 Å². The highest BCUT2D eigenvalue weighted by atomic mass is 19.1. The number of hydroxylamine groups is 2. The van der Waals surface area contributed by atoms with Gasteiger partial charge in [0.25, 0.3) is 0 Å². The average molecular weight is 506 g/mol. The molecule has 1 amide bonds. The third-order valence-electron chi connectivity index (χ3n) is 7.69. The molecule has 37 heavy (non-hydrogen) atoms. The molecule has 0 bridgehead atoms. The summed E-state index contributed by atoms with van der Waals surface area (Å²) < 4.78 is 19.7. The van der Waals surface area contributed by atoms with Gasteiger partial charge in [0.15, 0.2) is 0 Å². The third kappa shape index (κ3) is 4.94. The molecule has 1 saturated heterocycles. The molecule has 3 aliphatic rings. The molecule has 8 heteroatoms. The first-order chi connectivity index (χ1) is 18.0. The van der Waals surface area contributed by atoms with Crippen molar-refractivity contribution in [3.63, 3.8) is 0 Å². The molecule has 3 N–H and O–H groups in total. The van der Waals surface area contributed by atoms with Crippen LogP contribution in [0, 0.1) is 5.82 Å². The van der Waals surface area contributed by atoms with Crippen LogP contribution in [0.5, 0.6) is 5.75 Å². The highest BCUT2D eigenvalue weighted by Crippen LogP contribution is 2.39. The minimum absolute atomic E-state index is 0.194. The van der Waals surface area contributed by atoms with Crippen molar-refractivity contribution >= 4 is 16.7 Å². The van der Waals surface area contributed by atoms with Gasteiger partial charge in [-0.1, -0.05) is 30.3 Å². The van der Waals surface area contributed by atoms with Gasteiger partial charge in [0.2, 0.25) is 5.91 Å². The fourth-order valence-electron chi connectivity index (χ4n) is 5.61. The summed E-state index contributed by atoms with van der Waals surface area (Å²) in [7, 11) is 0. The Bertz CT molecular complexity index is 1290. The van der Waals surface area contributed by atoms with Crippen LogP contribution in [-0.4, -0.2) is 52.8 Å². The van der Waals surface area contributed by atoms with Gasteiger partial charge < -0.3 is 20.5 Å². The van der Waals surface area contributed by atoms with Gasteiger partial charge in [0.1, 0.15) is 17.6 Å². The molecule has 2 fully saturated rings. The van der Waals surface area contributed by atoms with Crippen molar-refractivity contribution in [2.75, 3.05) is 19.6 Å². The highest BCUT2D eigenvalue weighted by Gasteiger charge is 2.42. The van der Waals surface area contributed by atoms with Gasteiger partial charge in [-0.3, -0.25) is 9.63 Å². The average Bonchev–Trinajstić information content (AvgIpc) is 3.56. The number of hydrogen-bond donors (Lipinski definition) is 2. The van der Waals surface area contributed by atoms with E-state index in [-0.39, 0.29) is 12.4 Å². The second kappa shape index (κ2) is 10.0. The zero-order valence-electron chi connectivity index (χ0n) is 20.7. The van der Waals surface area contributed by atoms with Crippen LogP contribution in [0.3, 0.4) is 0 Å². The number of hydrogen-bond acceptors (Lipinski definition) is 6. The number of fused-ring (bicyclic) bond motifs is 3. The molecule has 6 rings (SSSR count). The summed E-state index contributed by atoms with van der Waals surface area (Å²) in [4.78, 5) is 21.4. The fraction of sp³-hybridized carbons (Fsp3) is 0.414. The molecule has 3 aromatic rings. The summed E-state index contributed by atoms with van der Waals surface area (Å²) in [5, 5.41) is 14.8. The van der Waals surface area contributed by atoms with Gasteiger partial charge >= 0.3 is 0 Å². The maximum Gasteiger partial charge on any atom is 0.241 e. The normalized spacial score (nSPS) is 22.1. The van der Waals surface area contributed by atoms with E-state index in [9.17, 15) is 14.3 Å². The molecule has 1 aliphatic carbocycles. The number of likely N-dealkylation sites (tertiary alicyclic amines) is 1. The summed E-state index contributed by atoms with van der Waals surface area (Å²) in [5.74, 6) is -0.0927. The number of carbonyl (C=O) groups is 1. The van der Waals surface area contributed by atoms with E-state index < -0.39 is 24.1 Å². The monoisotopic (exact) mass is 505 g/mol. The molecule has 2 heterocycles. The minimum Gasteiger partial charge on any atom is -0.490 e. The van der Waals surface area contributed by atoms with Gasteiger partial charge in [-0.2, -0.15) is 5.06 Å². The first-order valence-electron chi connectivity index (χ1n) is 13.1. The lowest BCUT2D eigenvalue weighted by Crippen LogP contribution is -2.52. The van der Waals surface area contributed by atoms with Crippen molar-refractivity contribution in [1.82, 2.24) is 9.96 Å². The van der Waals surface area contributed by atoms with E-state index in [2.05, 4.69) is 4.90 Å². The van der Waals surface area contributed by atoms with E-state index in [1.165, 1.54) is 12.1 Å². The second-order valence-corrected chi connectivity index (χ2v) is 10.3. The maximum atomic E-state index is 13.8. The van der Waals surface area contributed by atoms with Crippen molar-refractivity contribution in [2.45, 2.75) is 56.6 Å². The van der Waals surface area contributed by atoms with E-state index >= 15 is 0 Å². The Balaban J connectivity index is 1.34. The van der Waals surface area contributed by atoms with Crippen LogP contribution in [-0.2, 0) is 16.2 Å². The van der Waals surface area contributed by atoms with Crippen molar-refractivity contribution in [2.24, 2.45) is 5.73 Å². The SMILES string of the molecule is NC(=O)C1c2ccc3cc(F)ccc3c2CON1[C@H](CN1CCCC1)[C@H](O)c1ccc(OC2CC2)cc1. The minimum atomic E-state index is -0.923. The predicted molar refractivity (Wildman–Crippen MR) is 137 cm³/mol. The molecule has 0 radical (unpaired) electrons. The smallest absolute Gasteiger partial charge is 0.241 e. The summed E-state index contributed by atoms with van der Waals surface area (Å²) in [6.07, 6.45) is 3.73. The number of nitrogens with two attached hydrogens (primary N) is 1. The summed E-state index contributed by atoms with van der Waals surface area (Å²) in [6, 6.07) is 14.3. The van der Waals surface area contributed by atoms with E-state index in [0.29, 0.717) is 12.6 Å². The van der Waals surface area contributed by atoms with E-state index in [4.69, 9.17) is 15.3 Å². The molecule has 0 aromatic heterocycles. The van der Waals surface area contributed by atoms with Crippen LogP contribution in [0.25, 0.3) is 10.8 Å². The van der Waals surface area contributed by atoms with E-state index in [1.807, 2.05) is 30.3 Å². The van der Waals surface area contributed by atoms with E-state index in [1.54, 1.807) is 17.2 Å². The number of nitrogens with zero attached hydrogens (tertiary/aromatic N) is 2. The molecule has 2 aliphatic heterocycles. The van der Waals surface area contributed by atoms with Gasteiger partial charge in [0, 0.05) is 6.54 Å². The largest absolute Gasteiger partial charge is 0.490 e. The first kappa shape index (κ1) is 24.3. The second-order valence-electron chi connectivity index (χ2n) is 10.3. The lowest BCUT2D eigenvalue weighted by molar-refractivity contribution is -0.248. The fourth-order valence-corrected chi connectivity index (χ4v) is 5.61. The van der Waals surface area contributed by atoms with Crippen molar-refractivity contribution < 1.29 is 23.9 Å². The quantitative estimate of drug-likeness (QED) is 0.481. The number of halogens is 1. The van der Waals surface area contributed by atoms with Crippen LogP contribution in [0.1, 0.15) is 54.5 Å². The number of amides is 1. The van der Waals surface area contributed by atoms with Gasteiger partial charge in [-0.05, 0) is 90.5 Å². The Morgan fingerprint density at radius 3 is 2.57 bits per heavy atom. The zero-order valence-corrected chi connectivity index (χ0v) is 20.7. The lowest BCUT2D eigenvalue weighted by Gasteiger charge is -2.43. The number of rotatable bonds is 8. The molecule has 3 atom stereocenters. The molecule has 1 saturated carbocycles. The molecular weight excluding hydrogens is 473 g/mol. The standard InChI is InChI=1S/C29H32FN3O4/c30-20-6-12-23-19(15-20)5-11-24-25(23)17-36-33(27(24)29(31)35)26(16-32-13-1-2-14-32)28(34)18-3-7-21(8-4-18)37-22-9-10-22/h3-8,11-12,15,22,26-28,34H,1-2,9-10,13-14,16-17H2,(H2,31,35)/t26-,27?,28-/m1/s1. The van der Waals surface area contributed by atoms with E-state index in [0.717, 1.165) is 72.0 Å². The number of aliphatic hydroxyl groups is 1. The number of ether oxygens (including phenoxy) is 1. The number of primary amides is 1. The molecular formula is C29H32FN3O4. The number of benzene rings is 3. The van der Waals surface area contributed by atoms with Crippen LogP contribution in [0.4, 0.5) is 4.39 Å². The van der Waals surface area contributed by atoms with Crippen molar-refractivity contribution in [1.29, 1.82) is 0 Å². The Labute approximate surface area is 215 Å². The zero-order chi connectivity index (χ0) is 25.5. The predicted octanol–water partition coefficient (Wildman–Crippen LogP) is 3.99. The van der Waals surface area contributed by atoms with Crippen LogP contribution in [0.2, 0.25) is 0 Å². The Kier molecular flexibility index (Phi) is 6.58. The molecule has 7 nitrogen and oxygen atoms in total. The number of aliphatic hydroxyl groups excluding tert-OH is 1. The van der Waals surface area contributed by atoms with Gasteiger partial charge in [0.05, 0.1) is 24.9 Å². The molecule has 194 valence electrons. The van der Waals surface area contributed by atoms with Crippen LogP contribution >= 0.6 is 0 Å². The Morgan fingerprint density at radius 2 is 1.86 bits per heavy atom.